The van der Waals surface area contributed by atoms with Crippen molar-refractivity contribution in [1.82, 2.24) is 0 Å². The molecule has 0 radical (unpaired) electrons. The molecule has 8 heteroatoms. The highest BCUT2D eigenvalue weighted by Crippen LogP contribution is 2.28. The standard InChI is InChI=1S/C12H18FN5O2/c1-19-5-2-6-20-10-4-3-8(13)7-9(10)17-12(16)18-11(14)15/h3-4,7H,2,5-6H2,1H3,(H6,14,15,16,17,18). The van der Waals surface area contributed by atoms with Crippen molar-refractivity contribution in [3.05, 3.63) is 24.0 Å². The fraction of sp³-hybridized carbons (Fsp3) is 0.333. The molecule has 7 nitrogen and oxygen atoms in total. The van der Waals surface area contributed by atoms with Crippen LogP contribution in [-0.2, 0) is 4.74 Å². The van der Waals surface area contributed by atoms with Crippen molar-refractivity contribution in [1.29, 1.82) is 0 Å². The Balaban J connectivity index is 2.87. The molecule has 0 heterocycles. The summed E-state index contributed by atoms with van der Waals surface area (Å²) in [5.74, 6) is -0.496. The first-order chi connectivity index (χ1) is 9.52. The predicted molar refractivity (Wildman–Crippen MR) is 75.5 cm³/mol. The van der Waals surface area contributed by atoms with Crippen LogP contribution in [0.4, 0.5) is 10.1 Å². The van der Waals surface area contributed by atoms with Gasteiger partial charge in [0.1, 0.15) is 17.3 Å². The lowest BCUT2D eigenvalue weighted by atomic mass is 10.3. The first kappa shape index (κ1) is 15.7. The highest BCUT2D eigenvalue weighted by atomic mass is 19.1. The average Bonchev–Trinajstić information content (AvgIpc) is 2.35. The van der Waals surface area contributed by atoms with Crippen LogP contribution in [0.25, 0.3) is 0 Å². The maximum Gasteiger partial charge on any atom is 0.223 e. The Kier molecular flexibility index (Phi) is 6.24. The molecule has 1 aromatic carbocycles. The molecular formula is C12H18FN5O2. The average molecular weight is 283 g/mol. The summed E-state index contributed by atoms with van der Waals surface area (Å²) >= 11 is 0. The minimum absolute atomic E-state index is 0.183. The first-order valence-corrected chi connectivity index (χ1v) is 5.88. The molecule has 0 saturated carbocycles. The zero-order chi connectivity index (χ0) is 15.0. The molecule has 0 atom stereocenters. The normalized spacial score (nSPS) is 11.2. The van der Waals surface area contributed by atoms with Gasteiger partial charge in [-0.3, -0.25) is 0 Å². The van der Waals surface area contributed by atoms with Crippen molar-refractivity contribution in [2.24, 2.45) is 27.2 Å². The van der Waals surface area contributed by atoms with E-state index in [-0.39, 0.29) is 17.6 Å². The van der Waals surface area contributed by atoms with E-state index < -0.39 is 5.82 Å². The topological polar surface area (TPSA) is 121 Å². The largest absolute Gasteiger partial charge is 0.491 e. The molecule has 6 N–H and O–H groups in total. The number of methoxy groups -OCH3 is 1. The van der Waals surface area contributed by atoms with E-state index in [2.05, 4.69) is 9.98 Å². The molecule has 0 unspecified atom stereocenters. The highest BCUT2D eigenvalue weighted by molar-refractivity contribution is 5.93. The first-order valence-electron chi connectivity index (χ1n) is 5.88. The van der Waals surface area contributed by atoms with E-state index >= 15 is 0 Å². The van der Waals surface area contributed by atoms with Gasteiger partial charge in [0.25, 0.3) is 0 Å². The summed E-state index contributed by atoms with van der Waals surface area (Å²) in [6.45, 7) is 0.972. The van der Waals surface area contributed by atoms with Crippen LogP contribution in [-0.4, -0.2) is 32.2 Å². The maximum absolute atomic E-state index is 13.2. The summed E-state index contributed by atoms with van der Waals surface area (Å²) in [6, 6.07) is 3.91. The Labute approximate surface area is 116 Å². The number of benzene rings is 1. The molecule has 20 heavy (non-hydrogen) atoms. The Morgan fingerprint density at radius 2 is 2.00 bits per heavy atom. The number of rotatable bonds is 6. The van der Waals surface area contributed by atoms with Gasteiger partial charge in [-0.15, -0.1) is 0 Å². The zero-order valence-corrected chi connectivity index (χ0v) is 11.2. The summed E-state index contributed by atoms with van der Waals surface area (Å²) in [6.07, 6.45) is 0.695. The van der Waals surface area contributed by atoms with Gasteiger partial charge in [0.2, 0.25) is 5.96 Å². The second kappa shape index (κ2) is 7.95. The minimum Gasteiger partial charge on any atom is -0.491 e. The zero-order valence-electron chi connectivity index (χ0n) is 11.2. The Morgan fingerprint density at radius 3 is 2.65 bits per heavy atom. The van der Waals surface area contributed by atoms with Gasteiger partial charge in [0.15, 0.2) is 5.96 Å². The van der Waals surface area contributed by atoms with E-state index in [4.69, 9.17) is 26.7 Å². The molecule has 0 aliphatic carbocycles. The SMILES string of the molecule is COCCCOc1ccc(F)cc1N=C(N)N=C(N)N. The van der Waals surface area contributed by atoms with E-state index in [9.17, 15) is 4.39 Å². The van der Waals surface area contributed by atoms with Crippen LogP contribution in [0.1, 0.15) is 6.42 Å². The molecule has 1 rings (SSSR count). The molecule has 0 bridgehead atoms. The maximum atomic E-state index is 13.2. The van der Waals surface area contributed by atoms with E-state index in [0.29, 0.717) is 25.4 Å². The molecular weight excluding hydrogens is 265 g/mol. The quantitative estimate of drug-likeness (QED) is 0.398. The van der Waals surface area contributed by atoms with E-state index in [1.807, 2.05) is 0 Å². The highest BCUT2D eigenvalue weighted by Gasteiger charge is 2.06. The van der Waals surface area contributed by atoms with Crippen LogP contribution in [0.2, 0.25) is 0 Å². The molecule has 110 valence electrons. The van der Waals surface area contributed by atoms with Gasteiger partial charge in [0.05, 0.1) is 6.61 Å². The Hall–Kier alpha value is -2.35. The molecule has 1 aromatic rings. The Morgan fingerprint density at radius 1 is 1.25 bits per heavy atom. The third kappa shape index (κ3) is 5.53. The summed E-state index contributed by atoms with van der Waals surface area (Å²) in [4.78, 5) is 7.46. The fourth-order valence-electron chi connectivity index (χ4n) is 1.37. The van der Waals surface area contributed by atoms with Gasteiger partial charge in [-0.2, -0.15) is 4.99 Å². The lowest BCUT2D eigenvalue weighted by Crippen LogP contribution is -2.26. The van der Waals surface area contributed by atoms with Crippen molar-refractivity contribution >= 4 is 17.6 Å². The predicted octanol–water partition coefficient (Wildman–Crippen LogP) is 0.461. The van der Waals surface area contributed by atoms with Gasteiger partial charge in [-0.25, -0.2) is 9.38 Å². The van der Waals surface area contributed by atoms with Crippen LogP contribution in [0.5, 0.6) is 5.75 Å². The van der Waals surface area contributed by atoms with Crippen molar-refractivity contribution in [2.45, 2.75) is 6.42 Å². The van der Waals surface area contributed by atoms with Crippen LogP contribution in [0.3, 0.4) is 0 Å². The summed E-state index contributed by atoms with van der Waals surface area (Å²) in [5, 5.41) is 0. The second-order valence-electron chi connectivity index (χ2n) is 3.81. The smallest absolute Gasteiger partial charge is 0.223 e. The molecule has 0 aromatic heterocycles. The molecule has 0 amide bonds. The van der Waals surface area contributed by atoms with Crippen LogP contribution >= 0.6 is 0 Å². The Bertz CT molecular complexity index is 501. The lowest BCUT2D eigenvalue weighted by molar-refractivity contribution is 0.172. The third-order valence-electron chi connectivity index (χ3n) is 2.15. The van der Waals surface area contributed by atoms with Crippen molar-refractivity contribution in [3.63, 3.8) is 0 Å². The third-order valence-corrected chi connectivity index (χ3v) is 2.15. The van der Waals surface area contributed by atoms with Crippen LogP contribution < -0.4 is 21.9 Å². The minimum atomic E-state index is -0.467. The number of nitrogens with two attached hydrogens (primary N) is 3. The van der Waals surface area contributed by atoms with Gasteiger partial charge in [-0.1, -0.05) is 0 Å². The van der Waals surface area contributed by atoms with Gasteiger partial charge < -0.3 is 26.7 Å². The van der Waals surface area contributed by atoms with Crippen molar-refractivity contribution in [3.8, 4) is 5.75 Å². The van der Waals surface area contributed by atoms with E-state index in [0.717, 1.165) is 0 Å². The second-order valence-corrected chi connectivity index (χ2v) is 3.81. The van der Waals surface area contributed by atoms with Crippen LogP contribution in [0, 0.1) is 5.82 Å². The number of halogens is 1. The molecule has 0 spiro atoms. The monoisotopic (exact) mass is 283 g/mol. The van der Waals surface area contributed by atoms with Crippen molar-refractivity contribution in [2.75, 3.05) is 20.3 Å². The fourth-order valence-corrected chi connectivity index (χ4v) is 1.37. The van der Waals surface area contributed by atoms with Crippen LogP contribution in [0.15, 0.2) is 28.2 Å². The van der Waals surface area contributed by atoms with Gasteiger partial charge in [-0.05, 0) is 12.1 Å². The summed E-state index contributed by atoms with van der Waals surface area (Å²) < 4.78 is 23.6. The molecule has 0 aliphatic rings. The summed E-state index contributed by atoms with van der Waals surface area (Å²) in [5.41, 5.74) is 16.1. The summed E-state index contributed by atoms with van der Waals surface area (Å²) in [7, 11) is 1.60. The van der Waals surface area contributed by atoms with Crippen molar-refractivity contribution < 1.29 is 13.9 Å². The lowest BCUT2D eigenvalue weighted by Gasteiger charge is -2.08. The van der Waals surface area contributed by atoms with E-state index in [1.165, 1.54) is 18.2 Å². The number of hydrogen-bond donors (Lipinski definition) is 3. The van der Waals surface area contributed by atoms with E-state index in [1.54, 1.807) is 7.11 Å². The number of ether oxygens (including phenoxy) is 2. The number of guanidine groups is 2. The van der Waals surface area contributed by atoms with Gasteiger partial charge in [0, 0.05) is 26.2 Å². The number of nitrogens with zero attached hydrogens (tertiary/aromatic N) is 2. The molecule has 0 aliphatic heterocycles. The number of hydrogen-bond acceptors (Lipinski definition) is 3. The molecule has 0 fully saturated rings. The van der Waals surface area contributed by atoms with Gasteiger partial charge >= 0.3 is 0 Å². The molecule has 0 saturated heterocycles. The number of aliphatic imine (C=N–C) groups is 2.